The lowest BCUT2D eigenvalue weighted by Crippen LogP contribution is -2.56. The first-order chi connectivity index (χ1) is 12.5. The first kappa shape index (κ1) is 18.2. The van der Waals surface area contributed by atoms with Gasteiger partial charge in [0.15, 0.2) is 0 Å². The normalized spacial score (nSPS) is 24.0. The minimum absolute atomic E-state index is 0.0102. The molecule has 0 bridgehead atoms. The standard InChI is InChI=1S/C19H26N4O3/c1-3-12(2)17-18(25)22-15-7-5-4-6-13(15)11-23(17)19(26)21-14-8-9-16(24)20-10-14/h4-7,12,14,17H,3,8-11H2,1-2H3,(H,20,24)(H,21,26)(H,22,25). The highest BCUT2D eigenvalue weighted by molar-refractivity contribution is 5.98. The SMILES string of the molecule is CCC(C)C1C(=O)Nc2ccccc2CN1C(=O)NC1CCC(=O)NC1. The number of hydrogen-bond acceptors (Lipinski definition) is 3. The summed E-state index contributed by atoms with van der Waals surface area (Å²) >= 11 is 0. The van der Waals surface area contributed by atoms with Gasteiger partial charge in [0.05, 0.1) is 6.54 Å². The maximum Gasteiger partial charge on any atom is 0.318 e. The zero-order chi connectivity index (χ0) is 18.7. The van der Waals surface area contributed by atoms with Crippen LogP contribution in [0.4, 0.5) is 10.5 Å². The minimum Gasteiger partial charge on any atom is -0.354 e. The molecule has 0 aromatic heterocycles. The van der Waals surface area contributed by atoms with E-state index >= 15 is 0 Å². The number of carbonyl (C=O) groups excluding carboxylic acids is 3. The molecule has 7 heteroatoms. The summed E-state index contributed by atoms with van der Waals surface area (Å²) in [6.07, 6.45) is 1.81. The van der Waals surface area contributed by atoms with Crippen LogP contribution in [0.15, 0.2) is 24.3 Å². The quantitative estimate of drug-likeness (QED) is 0.770. The van der Waals surface area contributed by atoms with Crippen LogP contribution in [-0.2, 0) is 16.1 Å². The summed E-state index contributed by atoms with van der Waals surface area (Å²) < 4.78 is 0. The molecule has 26 heavy (non-hydrogen) atoms. The first-order valence-corrected chi connectivity index (χ1v) is 9.22. The van der Waals surface area contributed by atoms with Gasteiger partial charge in [0.2, 0.25) is 11.8 Å². The molecule has 3 atom stereocenters. The van der Waals surface area contributed by atoms with Gasteiger partial charge in [-0.2, -0.15) is 0 Å². The van der Waals surface area contributed by atoms with Crippen molar-refractivity contribution >= 4 is 23.5 Å². The molecule has 140 valence electrons. The van der Waals surface area contributed by atoms with E-state index in [-0.39, 0.29) is 29.8 Å². The summed E-state index contributed by atoms with van der Waals surface area (Å²) in [7, 11) is 0. The number of nitrogens with one attached hydrogen (secondary N) is 3. The molecule has 7 nitrogen and oxygen atoms in total. The lowest BCUT2D eigenvalue weighted by molar-refractivity contribution is -0.122. The van der Waals surface area contributed by atoms with Crippen LogP contribution >= 0.6 is 0 Å². The summed E-state index contributed by atoms with van der Waals surface area (Å²) in [5.74, 6) is -0.117. The fourth-order valence-corrected chi connectivity index (χ4v) is 3.51. The van der Waals surface area contributed by atoms with Gasteiger partial charge in [0.1, 0.15) is 6.04 Å². The van der Waals surface area contributed by atoms with Gasteiger partial charge in [-0.15, -0.1) is 0 Å². The highest BCUT2D eigenvalue weighted by Gasteiger charge is 2.37. The molecule has 1 aromatic carbocycles. The van der Waals surface area contributed by atoms with E-state index in [4.69, 9.17) is 0 Å². The monoisotopic (exact) mass is 358 g/mol. The summed E-state index contributed by atoms with van der Waals surface area (Å²) in [5.41, 5.74) is 1.67. The Hall–Kier alpha value is -2.57. The summed E-state index contributed by atoms with van der Waals surface area (Å²) in [6.45, 7) is 4.80. The molecule has 1 saturated heterocycles. The fraction of sp³-hybridized carbons (Fsp3) is 0.526. The first-order valence-electron chi connectivity index (χ1n) is 9.22. The molecule has 4 amide bonds. The number of urea groups is 1. The van der Waals surface area contributed by atoms with Gasteiger partial charge >= 0.3 is 6.03 Å². The second-order valence-electron chi connectivity index (χ2n) is 7.09. The van der Waals surface area contributed by atoms with E-state index in [0.717, 1.165) is 17.7 Å². The maximum atomic E-state index is 13.0. The molecule has 0 aliphatic carbocycles. The van der Waals surface area contributed by atoms with Crippen LogP contribution < -0.4 is 16.0 Å². The molecular weight excluding hydrogens is 332 g/mol. The number of para-hydroxylation sites is 1. The van der Waals surface area contributed by atoms with Crippen molar-refractivity contribution in [2.75, 3.05) is 11.9 Å². The van der Waals surface area contributed by atoms with Crippen LogP contribution in [0.25, 0.3) is 0 Å². The number of anilines is 1. The van der Waals surface area contributed by atoms with Crippen LogP contribution in [0.1, 0.15) is 38.7 Å². The predicted octanol–water partition coefficient (Wildman–Crippen LogP) is 1.84. The van der Waals surface area contributed by atoms with Crippen molar-refractivity contribution in [3.05, 3.63) is 29.8 Å². The van der Waals surface area contributed by atoms with Gasteiger partial charge in [0.25, 0.3) is 0 Å². The molecule has 2 heterocycles. The summed E-state index contributed by atoms with van der Waals surface area (Å²) in [6, 6.07) is 6.65. The van der Waals surface area contributed by atoms with Crippen LogP contribution in [0.5, 0.6) is 0 Å². The van der Waals surface area contributed by atoms with E-state index < -0.39 is 6.04 Å². The lowest BCUT2D eigenvalue weighted by atomic mass is 9.97. The summed E-state index contributed by atoms with van der Waals surface area (Å²) in [5, 5.41) is 8.72. The molecule has 0 spiro atoms. The summed E-state index contributed by atoms with van der Waals surface area (Å²) in [4.78, 5) is 38.8. The van der Waals surface area contributed by atoms with Crippen molar-refractivity contribution in [2.24, 2.45) is 5.92 Å². The van der Waals surface area contributed by atoms with Crippen molar-refractivity contribution in [3.8, 4) is 0 Å². The van der Waals surface area contributed by atoms with Crippen molar-refractivity contribution in [1.82, 2.24) is 15.5 Å². The zero-order valence-corrected chi connectivity index (χ0v) is 15.2. The van der Waals surface area contributed by atoms with E-state index in [0.29, 0.717) is 25.9 Å². The Morgan fingerprint density at radius 2 is 2.12 bits per heavy atom. The Balaban J connectivity index is 1.83. The molecule has 3 unspecified atom stereocenters. The number of hydrogen-bond donors (Lipinski definition) is 3. The third-order valence-electron chi connectivity index (χ3n) is 5.26. The third kappa shape index (κ3) is 3.81. The van der Waals surface area contributed by atoms with Crippen LogP contribution in [0.2, 0.25) is 0 Å². The molecular formula is C19H26N4O3. The molecule has 0 saturated carbocycles. The van der Waals surface area contributed by atoms with Crippen LogP contribution in [0, 0.1) is 5.92 Å². The number of piperidine rings is 1. The molecule has 1 fully saturated rings. The van der Waals surface area contributed by atoms with E-state index in [1.165, 1.54) is 0 Å². The maximum absolute atomic E-state index is 13.0. The van der Waals surface area contributed by atoms with Gasteiger partial charge in [-0.05, 0) is 24.0 Å². The number of benzene rings is 1. The second-order valence-corrected chi connectivity index (χ2v) is 7.09. The molecule has 2 aliphatic heterocycles. The average molecular weight is 358 g/mol. The highest BCUT2D eigenvalue weighted by Crippen LogP contribution is 2.27. The highest BCUT2D eigenvalue weighted by atomic mass is 16.2. The molecule has 2 aliphatic rings. The molecule has 3 N–H and O–H groups in total. The number of nitrogens with zero attached hydrogens (tertiary/aromatic N) is 1. The van der Waals surface area contributed by atoms with E-state index in [1.807, 2.05) is 38.1 Å². The van der Waals surface area contributed by atoms with Crippen molar-refractivity contribution in [1.29, 1.82) is 0 Å². The number of carbonyl (C=O) groups is 3. The Labute approximate surface area is 153 Å². The Bertz CT molecular complexity index is 696. The van der Waals surface area contributed by atoms with E-state index in [9.17, 15) is 14.4 Å². The van der Waals surface area contributed by atoms with Crippen molar-refractivity contribution < 1.29 is 14.4 Å². The number of rotatable bonds is 3. The van der Waals surface area contributed by atoms with Crippen LogP contribution in [0.3, 0.4) is 0 Å². The topological polar surface area (TPSA) is 90.5 Å². The molecule has 0 radical (unpaired) electrons. The molecule has 3 rings (SSSR count). The number of fused-ring (bicyclic) bond motifs is 1. The predicted molar refractivity (Wildman–Crippen MR) is 98.4 cm³/mol. The second kappa shape index (κ2) is 7.76. The van der Waals surface area contributed by atoms with E-state index in [1.54, 1.807) is 4.90 Å². The Morgan fingerprint density at radius 3 is 2.81 bits per heavy atom. The van der Waals surface area contributed by atoms with Gasteiger partial charge < -0.3 is 20.9 Å². The zero-order valence-electron chi connectivity index (χ0n) is 15.2. The van der Waals surface area contributed by atoms with Crippen molar-refractivity contribution in [3.63, 3.8) is 0 Å². The van der Waals surface area contributed by atoms with Crippen LogP contribution in [-0.4, -0.2) is 41.4 Å². The molecule has 1 aromatic rings. The largest absolute Gasteiger partial charge is 0.354 e. The smallest absolute Gasteiger partial charge is 0.318 e. The van der Waals surface area contributed by atoms with Crippen molar-refractivity contribution in [2.45, 2.75) is 51.7 Å². The Morgan fingerprint density at radius 1 is 1.35 bits per heavy atom. The fourth-order valence-electron chi connectivity index (χ4n) is 3.51. The average Bonchev–Trinajstić information content (AvgIpc) is 2.78. The van der Waals surface area contributed by atoms with Gasteiger partial charge in [-0.1, -0.05) is 38.5 Å². The lowest BCUT2D eigenvalue weighted by Gasteiger charge is -2.34. The van der Waals surface area contributed by atoms with E-state index in [2.05, 4.69) is 16.0 Å². The van der Waals surface area contributed by atoms with Gasteiger partial charge in [-0.3, -0.25) is 9.59 Å². The van der Waals surface area contributed by atoms with Gasteiger partial charge in [-0.25, -0.2) is 4.79 Å². The van der Waals surface area contributed by atoms with Gasteiger partial charge in [0, 0.05) is 24.7 Å². The number of amides is 4. The Kier molecular flexibility index (Phi) is 5.44. The minimum atomic E-state index is -0.536. The third-order valence-corrected chi connectivity index (χ3v) is 5.26.